The smallest absolute Gasteiger partial charge is 0.407 e. The zero-order chi connectivity index (χ0) is 16.3. The van der Waals surface area contributed by atoms with E-state index in [9.17, 15) is 4.79 Å². The molecule has 0 aliphatic carbocycles. The van der Waals surface area contributed by atoms with Crippen LogP contribution in [0.3, 0.4) is 0 Å². The summed E-state index contributed by atoms with van der Waals surface area (Å²) in [5.41, 5.74) is 0.198. The SMILES string of the molecule is CNc1c(Cl)ncnc1N1CCC(NC(=O)OC(C)(C)C)C1. The molecule has 1 unspecified atom stereocenters. The standard InChI is InChI=1S/C14H22ClN5O2/c1-14(2,3)22-13(21)19-9-5-6-20(7-9)12-10(16-4)11(15)17-8-18-12/h8-9,16H,5-7H2,1-4H3,(H,19,21). The fourth-order valence-electron chi connectivity index (χ4n) is 2.35. The Labute approximate surface area is 135 Å². The van der Waals surface area contributed by atoms with Gasteiger partial charge in [-0.2, -0.15) is 0 Å². The molecule has 2 rings (SSSR count). The molecule has 1 aromatic rings. The van der Waals surface area contributed by atoms with E-state index in [1.54, 1.807) is 7.05 Å². The third-order valence-electron chi connectivity index (χ3n) is 3.24. The maximum absolute atomic E-state index is 11.8. The molecule has 0 aromatic carbocycles. The average Bonchev–Trinajstić information content (AvgIpc) is 2.84. The normalized spacial score (nSPS) is 18.2. The molecule has 8 heteroatoms. The summed E-state index contributed by atoms with van der Waals surface area (Å²) in [5, 5.41) is 6.29. The number of halogens is 1. The molecule has 1 aliphatic heterocycles. The number of nitrogens with zero attached hydrogens (tertiary/aromatic N) is 3. The van der Waals surface area contributed by atoms with Gasteiger partial charge >= 0.3 is 6.09 Å². The summed E-state index contributed by atoms with van der Waals surface area (Å²) < 4.78 is 5.28. The lowest BCUT2D eigenvalue weighted by Gasteiger charge is -2.23. The first-order valence-electron chi connectivity index (χ1n) is 7.23. The highest BCUT2D eigenvalue weighted by Gasteiger charge is 2.28. The van der Waals surface area contributed by atoms with Crippen molar-refractivity contribution in [3.8, 4) is 0 Å². The first-order chi connectivity index (χ1) is 10.3. The van der Waals surface area contributed by atoms with Crippen molar-refractivity contribution in [2.45, 2.75) is 38.8 Å². The summed E-state index contributed by atoms with van der Waals surface area (Å²) in [4.78, 5) is 22.1. The maximum atomic E-state index is 11.8. The van der Waals surface area contributed by atoms with E-state index in [1.807, 2.05) is 20.8 Å². The lowest BCUT2D eigenvalue weighted by molar-refractivity contribution is 0.0509. The van der Waals surface area contributed by atoms with Gasteiger partial charge in [0.1, 0.15) is 17.6 Å². The van der Waals surface area contributed by atoms with Crippen LogP contribution in [0.1, 0.15) is 27.2 Å². The number of hydrogen-bond acceptors (Lipinski definition) is 6. The van der Waals surface area contributed by atoms with Crippen LogP contribution >= 0.6 is 11.6 Å². The Bertz CT molecular complexity index is 547. The molecule has 1 amide bonds. The van der Waals surface area contributed by atoms with Crippen molar-refractivity contribution in [3.05, 3.63) is 11.5 Å². The minimum atomic E-state index is -0.498. The van der Waals surface area contributed by atoms with Crippen molar-refractivity contribution in [2.24, 2.45) is 0 Å². The highest BCUT2D eigenvalue weighted by atomic mass is 35.5. The number of nitrogens with one attached hydrogen (secondary N) is 2. The Hall–Kier alpha value is -1.76. The van der Waals surface area contributed by atoms with E-state index >= 15 is 0 Å². The van der Waals surface area contributed by atoms with Gasteiger partial charge in [0.25, 0.3) is 0 Å². The second kappa shape index (κ2) is 6.56. The molecule has 1 atom stereocenters. The monoisotopic (exact) mass is 327 g/mol. The van der Waals surface area contributed by atoms with E-state index in [1.165, 1.54) is 6.33 Å². The predicted octanol–water partition coefficient (Wildman–Crippen LogP) is 2.28. The fourth-order valence-corrected chi connectivity index (χ4v) is 2.58. The summed E-state index contributed by atoms with van der Waals surface area (Å²) in [6.07, 6.45) is 1.87. The largest absolute Gasteiger partial charge is 0.444 e. The first-order valence-corrected chi connectivity index (χ1v) is 7.60. The van der Waals surface area contributed by atoms with Gasteiger partial charge in [0.15, 0.2) is 11.0 Å². The number of carbonyl (C=O) groups is 1. The Kier molecular flexibility index (Phi) is 4.95. The molecule has 2 N–H and O–H groups in total. The summed E-state index contributed by atoms with van der Waals surface area (Å²) in [6, 6.07) is 0.0216. The van der Waals surface area contributed by atoms with Crippen LogP contribution in [0.4, 0.5) is 16.3 Å². The number of ether oxygens (including phenoxy) is 1. The molecule has 0 radical (unpaired) electrons. The molecule has 1 aliphatic rings. The van der Waals surface area contributed by atoms with Crippen LogP contribution < -0.4 is 15.5 Å². The van der Waals surface area contributed by atoms with Crippen molar-refractivity contribution in [1.29, 1.82) is 0 Å². The van der Waals surface area contributed by atoms with Gasteiger partial charge in [0, 0.05) is 20.1 Å². The summed E-state index contributed by atoms with van der Waals surface area (Å²) >= 11 is 6.07. The molecule has 1 aromatic heterocycles. The highest BCUT2D eigenvalue weighted by Crippen LogP contribution is 2.30. The number of aromatic nitrogens is 2. The molecule has 7 nitrogen and oxygen atoms in total. The topological polar surface area (TPSA) is 79.4 Å². The number of alkyl carbamates (subject to hydrolysis) is 1. The summed E-state index contributed by atoms with van der Waals surface area (Å²) in [5.74, 6) is 0.746. The molecule has 1 fully saturated rings. The number of anilines is 2. The van der Waals surface area contributed by atoms with Crippen LogP contribution in [0.5, 0.6) is 0 Å². The minimum absolute atomic E-state index is 0.0216. The third kappa shape index (κ3) is 4.13. The van der Waals surface area contributed by atoms with Gasteiger partial charge in [-0.3, -0.25) is 0 Å². The van der Waals surface area contributed by atoms with Gasteiger partial charge in [-0.1, -0.05) is 11.6 Å². The Morgan fingerprint density at radius 1 is 1.45 bits per heavy atom. The van der Waals surface area contributed by atoms with Gasteiger partial charge in [0.2, 0.25) is 0 Å². The molecule has 22 heavy (non-hydrogen) atoms. The third-order valence-corrected chi connectivity index (χ3v) is 3.53. The molecule has 0 saturated carbocycles. The quantitative estimate of drug-likeness (QED) is 0.829. The molecular weight excluding hydrogens is 306 g/mol. The number of amides is 1. The molecule has 0 bridgehead atoms. The number of carbonyl (C=O) groups excluding carboxylic acids is 1. The highest BCUT2D eigenvalue weighted by molar-refractivity contribution is 6.32. The van der Waals surface area contributed by atoms with E-state index < -0.39 is 11.7 Å². The molecule has 122 valence electrons. The maximum Gasteiger partial charge on any atom is 0.407 e. The Morgan fingerprint density at radius 3 is 2.82 bits per heavy atom. The Balaban J connectivity index is 1.99. The van der Waals surface area contributed by atoms with E-state index in [-0.39, 0.29) is 6.04 Å². The van der Waals surface area contributed by atoms with Crippen molar-refractivity contribution in [3.63, 3.8) is 0 Å². The predicted molar refractivity (Wildman–Crippen MR) is 86.6 cm³/mol. The van der Waals surface area contributed by atoms with Crippen LogP contribution in [0, 0.1) is 0 Å². The van der Waals surface area contributed by atoms with Crippen molar-refractivity contribution < 1.29 is 9.53 Å². The average molecular weight is 328 g/mol. The Morgan fingerprint density at radius 2 is 2.18 bits per heavy atom. The van der Waals surface area contributed by atoms with Gasteiger partial charge in [-0.15, -0.1) is 0 Å². The van der Waals surface area contributed by atoms with Crippen LogP contribution in [-0.2, 0) is 4.74 Å². The van der Waals surface area contributed by atoms with Gasteiger partial charge in [-0.05, 0) is 27.2 Å². The van der Waals surface area contributed by atoms with Crippen LogP contribution in [0.15, 0.2) is 6.33 Å². The van der Waals surface area contributed by atoms with Crippen LogP contribution in [0.25, 0.3) is 0 Å². The van der Waals surface area contributed by atoms with Crippen LogP contribution in [-0.4, -0.2) is 47.8 Å². The van der Waals surface area contributed by atoms with E-state index in [2.05, 4.69) is 25.5 Å². The second-order valence-corrected chi connectivity index (χ2v) is 6.55. The van der Waals surface area contributed by atoms with E-state index in [0.29, 0.717) is 17.4 Å². The van der Waals surface area contributed by atoms with Crippen LogP contribution in [0.2, 0.25) is 5.15 Å². The van der Waals surface area contributed by atoms with Gasteiger partial charge in [0.05, 0.1) is 6.04 Å². The van der Waals surface area contributed by atoms with E-state index in [0.717, 1.165) is 18.8 Å². The fraction of sp³-hybridized carbons (Fsp3) is 0.643. The van der Waals surface area contributed by atoms with Crippen molar-refractivity contribution >= 4 is 29.2 Å². The molecule has 1 saturated heterocycles. The molecule has 2 heterocycles. The lowest BCUT2D eigenvalue weighted by Crippen LogP contribution is -2.40. The molecule has 0 spiro atoms. The van der Waals surface area contributed by atoms with Gasteiger partial charge < -0.3 is 20.3 Å². The van der Waals surface area contributed by atoms with Gasteiger partial charge in [-0.25, -0.2) is 14.8 Å². The number of hydrogen-bond donors (Lipinski definition) is 2. The second-order valence-electron chi connectivity index (χ2n) is 6.19. The van der Waals surface area contributed by atoms with Crippen molar-refractivity contribution in [2.75, 3.05) is 30.4 Å². The van der Waals surface area contributed by atoms with E-state index in [4.69, 9.17) is 16.3 Å². The zero-order valence-electron chi connectivity index (χ0n) is 13.3. The summed E-state index contributed by atoms with van der Waals surface area (Å²) in [7, 11) is 1.78. The lowest BCUT2D eigenvalue weighted by atomic mass is 10.2. The zero-order valence-corrected chi connectivity index (χ0v) is 14.1. The van der Waals surface area contributed by atoms with Crippen molar-refractivity contribution in [1.82, 2.24) is 15.3 Å². The summed E-state index contributed by atoms with van der Waals surface area (Å²) in [6.45, 7) is 6.96. The first kappa shape index (κ1) is 16.6. The number of rotatable bonds is 3. The molecular formula is C14H22ClN5O2. The minimum Gasteiger partial charge on any atom is -0.444 e.